The Bertz CT molecular complexity index is 498. The van der Waals surface area contributed by atoms with Gasteiger partial charge in [0.15, 0.2) is 0 Å². The number of piperidine rings is 1. The molecule has 21 heavy (non-hydrogen) atoms. The molecular formula is C17H23N3O. The lowest BCUT2D eigenvalue weighted by molar-refractivity contribution is -0.130. The molecule has 1 saturated heterocycles. The van der Waals surface area contributed by atoms with Gasteiger partial charge in [-0.05, 0) is 56.0 Å². The fourth-order valence-corrected chi connectivity index (χ4v) is 2.74. The second-order valence-corrected chi connectivity index (χ2v) is 5.81. The monoisotopic (exact) mass is 285 g/mol. The Morgan fingerprint density at radius 3 is 2.81 bits per heavy atom. The van der Waals surface area contributed by atoms with Crippen LogP contribution in [0.3, 0.4) is 0 Å². The van der Waals surface area contributed by atoms with Gasteiger partial charge in [0.1, 0.15) is 0 Å². The van der Waals surface area contributed by atoms with Crippen LogP contribution in [0.25, 0.3) is 0 Å². The number of nitrogens with one attached hydrogen (secondary N) is 1. The lowest BCUT2D eigenvalue weighted by atomic mass is 9.94. The predicted octanol–water partition coefficient (Wildman–Crippen LogP) is 2.30. The minimum absolute atomic E-state index is 0.199. The van der Waals surface area contributed by atoms with Crippen LogP contribution in [0.1, 0.15) is 36.8 Å². The van der Waals surface area contributed by atoms with Crippen molar-refractivity contribution in [2.75, 3.05) is 20.1 Å². The van der Waals surface area contributed by atoms with Gasteiger partial charge in [0.05, 0.1) is 11.6 Å². The SMILES string of the molecule is CN(Cc1ccc(C#N)cc1)C(=O)CCC1CCCNC1. The summed E-state index contributed by atoms with van der Waals surface area (Å²) >= 11 is 0. The lowest BCUT2D eigenvalue weighted by Crippen LogP contribution is -2.31. The maximum atomic E-state index is 12.2. The average Bonchev–Trinajstić information content (AvgIpc) is 2.54. The van der Waals surface area contributed by atoms with E-state index in [0.29, 0.717) is 24.4 Å². The number of amides is 1. The van der Waals surface area contributed by atoms with Gasteiger partial charge in [0, 0.05) is 20.0 Å². The van der Waals surface area contributed by atoms with Crippen LogP contribution in [-0.4, -0.2) is 30.9 Å². The van der Waals surface area contributed by atoms with E-state index in [0.717, 1.165) is 25.1 Å². The van der Waals surface area contributed by atoms with Crippen molar-refractivity contribution in [1.82, 2.24) is 10.2 Å². The fraction of sp³-hybridized carbons (Fsp3) is 0.529. The van der Waals surface area contributed by atoms with Gasteiger partial charge in [-0.15, -0.1) is 0 Å². The zero-order valence-electron chi connectivity index (χ0n) is 12.6. The molecule has 0 bridgehead atoms. The Morgan fingerprint density at radius 1 is 1.43 bits per heavy atom. The van der Waals surface area contributed by atoms with Gasteiger partial charge < -0.3 is 10.2 Å². The summed E-state index contributed by atoms with van der Waals surface area (Å²) in [5.74, 6) is 0.843. The first-order valence-electron chi connectivity index (χ1n) is 7.63. The zero-order valence-corrected chi connectivity index (χ0v) is 12.6. The van der Waals surface area contributed by atoms with Crippen LogP contribution in [0.5, 0.6) is 0 Å². The molecule has 1 heterocycles. The number of nitrogens with zero attached hydrogens (tertiary/aromatic N) is 2. The third-order valence-electron chi connectivity index (χ3n) is 4.09. The molecule has 1 aromatic carbocycles. The molecule has 2 rings (SSSR count). The van der Waals surface area contributed by atoms with Gasteiger partial charge in [-0.1, -0.05) is 12.1 Å². The van der Waals surface area contributed by atoms with Crippen molar-refractivity contribution in [1.29, 1.82) is 5.26 Å². The number of carbonyl (C=O) groups is 1. The predicted molar refractivity (Wildman–Crippen MR) is 82.5 cm³/mol. The molecule has 1 fully saturated rings. The van der Waals surface area contributed by atoms with Crippen LogP contribution >= 0.6 is 0 Å². The second kappa shape index (κ2) is 7.80. The van der Waals surface area contributed by atoms with E-state index in [1.165, 1.54) is 12.8 Å². The van der Waals surface area contributed by atoms with E-state index in [1.54, 1.807) is 17.0 Å². The summed E-state index contributed by atoms with van der Waals surface area (Å²) in [7, 11) is 1.85. The molecule has 1 aliphatic heterocycles. The quantitative estimate of drug-likeness (QED) is 0.903. The van der Waals surface area contributed by atoms with E-state index < -0.39 is 0 Å². The van der Waals surface area contributed by atoms with E-state index in [-0.39, 0.29) is 5.91 Å². The van der Waals surface area contributed by atoms with Crippen LogP contribution in [0.2, 0.25) is 0 Å². The molecule has 0 spiro atoms. The number of hydrogen-bond acceptors (Lipinski definition) is 3. The highest BCUT2D eigenvalue weighted by Crippen LogP contribution is 2.17. The molecule has 0 aromatic heterocycles. The first kappa shape index (κ1) is 15.5. The standard InChI is InChI=1S/C17H23N3O/c1-20(13-16-6-4-14(11-18)5-7-16)17(21)9-8-15-3-2-10-19-12-15/h4-7,15,19H,2-3,8-10,12-13H2,1H3. The highest BCUT2D eigenvalue weighted by atomic mass is 16.2. The number of hydrogen-bond donors (Lipinski definition) is 1. The van der Waals surface area contributed by atoms with Crippen LogP contribution in [0.4, 0.5) is 0 Å². The Balaban J connectivity index is 1.77. The summed E-state index contributed by atoms with van der Waals surface area (Å²) < 4.78 is 0. The molecule has 4 heteroatoms. The van der Waals surface area contributed by atoms with Crippen molar-refractivity contribution in [3.05, 3.63) is 35.4 Å². The first-order valence-corrected chi connectivity index (χ1v) is 7.63. The highest BCUT2D eigenvalue weighted by molar-refractivity contribution is 5.75. The van der Waals surface area contributed by atoms with Crippen molar-refractivity contribution >= 4 is 5.91 Å². The number of rotatable bonds is 5. The molecule has 0 radical (unpaired) electrons. The van der Waals surface area contributed by atoms with Crippen molar-refractivity contribution in [3.63, 3.8) is 0 Å². The molecule has 1 N–H and O–H groups in total. The third kappa shape index (κ3) is 4.87. The minimum atomic E-state index is 0.199. The smallest absolute Gasteiger partial charge is 0.222 e. The number of carbonyl (C=O) groups excluding carboxylic acids is 1. The Kier molecular flexibility index (Phi) is 5.77. The number of nitriles is 1. The molecule has 1 aliphatic rings. The first-order chi connectivity index (χ1) is 10.2. The summed E-state index contributed by atoms with van der Waals surface area (Å²) in [4.78, 5) is 13.9. The molecular weight excluding hydrogens is 262 g/mol. The van der Waals surface area contributed by atoms with E-state index in [2.05, 4.69) is 11.4 Å². The zero-order chi connectivity index (χ0) is 15.1. The van der Waals surface area contributed by atoms with Gasteiger partial charge in [-0.3, -0.25) is 4.79 Å². The van der Waals surface area contributed by atoms with Crippen molar-refractivity contribution in [2.45, 2.75) is 32.2 Å². The van der Waals surface area contributed by atoms with E-state index in [9.17, 15) is 4.79 Å². The third-order valence-corrected chi connectivity index (χ3v) is 4.09. The van der Waals surface area contributed by atoms with Gasteiger partial charge in [0.2, 0.25) is 5.91 Å². The Labute approximate surface area is 126 Å². The molecule has 0 saturated carbocycles. The minimum Gasteiger partial charge on any atom is -0.341 e. The van der Waals surface area contributed by atoms with E-state index in [4.69, 9.17) is 5.26 Å². The van der Waals surface area contributed by atoms with Gasteiger partial charge in [-0.25, -0.2) is 0 Å². The molecule has 1 atom stereocenters. The molecule has 1 unspecified atom stereocenters. The normalized spacial score (nSPS) is 18.0. The Morgan fingerprint density at radius 2 is 2.19 bits per heavy atom. The summed E-state index contributed by atoms with van der Waals surface area (Å²) in [5, 5.41) is 12.2. The van der Waals surface area contributed by atoms with Gasteiger partial charge >= 0.3 is 0 Å². The molecule has 1 amide bonds. The maximum Gasteiger partial charge on any atom is 0.222 e. The molecule has 0 aliphatic carbocycles. The van der Waals surface area contributed by atoms with Crippen LogP contribution < -0.4 is 5.32 Å². The van der Waals surface area contributed by atoms with Crippen LogP contribution in [0, 0.1) is 17.2 Å². The highest BCUT2D eigenvalue weighted by Gasteiger charge is 2.16. The summed E-state index contributed by atoms with van der Waals surface area (Å²) in [6.07, 6.45) is 4.06. The van der Waals surface area contributed by atoms with Crippen molar-refractivity contribution < 1.29 is 4.79 Å². The Hall–Kier alpha value is -1.86. The summed E-state index contributed by atoms with van der Waals surface area (Å²) in [5.41, 5.74) is 1.71. The van der Waals surface area contributed by atoms with Crippen molar-refractivity contribution in [2.24, 2.45) is 5.92 Å². The molecule has 112 valence electrons. The molecule has 4 nitrogen and oxygen atoms in total. The van der Waals surface area contributed by atoms with E-state index in [1.807, 2.05) is 19.2 Å². The van der Waals surface area contributed by atoms with Gasteiger partial charge in [-0.2, -0.15) is 5.26 Å². The van der Waals surface area contributed by atoms with Crippen LogP contribution in [-0.2, 0) is 11.3 Å². The topological polar surface area (TPSA) is 56.1 Å². The summed E-state index contributed by atoms with van der Waals surface area (Å²) in [6.45, 7) is 2.77. The summed E-state index contributed by atoms with van der Waals surface area (Å²) in [6, 6.07) is 9.51. The molecule has 1 aromatic rings. The lowest BCUT2D eigenvalue weighted by Gasteiger charge is -2.24. The number of benzene rings is 1. The van der Waals surface area contributed by atoms with Crippen LogP contribution in [0.15, 0.2) is 24.3 Å². The van der Waals surface area contributed by atoms with E-state index >= 15 is 0 Å². The largest absolute Gasteiger partial charge is 0.341 e. The van der Waals surface area contributed by atoms with Crippen molar-refractivity contribution in [3.8, 4) is 6.07 Å². The average molecular weight is 285 g/mol. The van der Waals surface area contributed by atoms with Gasteiger partial charge in [0.25, 0.3) is 0 Å². The fourth-order valence-electron chi connectivity index (χ4n) is 2.74. The maximum absolute atomic E-state index is 12.2. The second-order valence-electron chi connectivity index (χ2n) is 5.81.